The normalized spacial score (nSPS) is 19.6. The van der Waals surface area contributed by atoms with Crippen LogP contribution in [0.2, 0.25) is 0 Å². The number of carbonyl (C=O) groups excluding carboxylic acids is 1. The van der Waals surface area contributed by atoms with E-state index in [9.17, 15) is 4.79 Å². The summed E-state index contributed by atoms with van der Waals surface area (Å²) in [5.74, 6) is 0.849. The maximum atomic E-state index is 13.8. The van der Waals surface area contributed by atoms with E-state index in [4.69, 9.17) is 9.73 Å². The van der Waals surface area contributed by atoms with Crippen LogP contribution in [0.5, 0.6) is 5.75 Å². The molecule has 5 rings (SSSR count). The Kier molecular flexibility index (Phi) is 6.73. The molecule has 34 heavy (non-hydrogen) atoms. The molecule has 0 spiro atoms. The fraction of sp³-hybridized carbons (Fsp3) is 0.310. The van der Waals surface area contributed by atoms with Crippen LogP contribution in [-0.4, -0.2) is 28.1 Å². The molecular formula is C29H30N2O2S. The molecule has 3 aromatic carbocycles. The van der Waals surface area contributed by atoms with Crippen LogP contribution in [0.1, 0.15) is 51.5 Å². The van der Waals surface area contributed by atoms with Gasteiger partial charge in [-0.3, -0.25) is 9.69 Å². The third kappa shape index (κ3) is 4.76. The van der Waals surface area contributed by atoms with Gasteiger partial charge in [0.15, 0.2) is 5.17 Å². The zero-order valence-corrected chi connectivity index (χ0v) is 20.6. The first-order valence-electron chi connectivity index (χ1n) is 12.2. The number of aliphatic imine (C=N–C) groups is 1. The average molecular weight is 471 g/mol. The van der Waals surface area contributed by atoms with Gasteiger partial charge >= 0.3 is 0 Å². The van der Waals surface area contributed by atoms with Crippen molar-refractivity contribution in [3.05, 3.63) is 77.2 Å². The molecule has 1 saturated carbocycles. The highest BCUT2D eigenvalue weighted by molar-refractivity contribution is 8.18. The van der Waals surface area contributed by atoms with E-state index in [-0.39, 0.29) is 18.1 Å². The molecule has 1 amide bonds. The van der Waals surface area contributed by atoms with Gasteiger partial charge in [-0.2, -0.15) is 0 Å². The molecule has 0 aromatic heterocycles. The maximum absolute atomic E-state index is 13.8. The van der Waals surface area contributed by atoms with Crippen molar-refractivity contribution in [1.29, 1.82) is 0 Å². The lowest BCUT2D eigenvalue weighted by Crippen LogP contribution is -2.40. The molecule has 3 aromatic rings. The van der Waals surface area contributed by atoms with Gasteiger partial charge in [-0.25, -0.2) is 4.99 Å². The molecule has 2 fully saturated rings. The van der Waals surface area contributed by atoms with E-state index >= 15 is 0 Å². The van der Waals surface area contributed by atoms with Crippen LogP contribution >= 0.6 is 11.8 Å². The number of para-hydroxylation sites is 1. The Labute approximate surface area is 205 Å². The zero-order valence-electron chi connectivity index (χ0n) is 19.7. The first-order valence-corrected chi connectivity index (χ1v) is 13.0. The molecule has 5 heteroatoms. The third-order valence-corrected chi connectivity index (χ3v) is 7.31. The number of rotatable bonds is 5. The monoisotopic (exact) mass is 470 g/mol. The summed E-state index contributed by atoms with van der Waals surface area (Å²) >= 11 is 1.48. The zero-order chi connectivity index (χ0) is 23.5. The molecule has 0 bridgehead atoms. The molecule has 0 atom stereocenters. The van der Waals surface area contributed by atoms with Gasteiger partial charge in [0.25, 0.3) is 5.91 Å². The van der Waals surface area contributed by atoms with Crippen molar-refractivity contribution >= 4 is 45.4 Å². The standard InChI is InChI=1S/C29H30N2O2S/c1-20(2)33-26-18-17-21-11-9-10-16-24(21)25(26)19-27-28(32)31(23-14-7-4-8-15-23)29(34-27)30-22-12-5-3-6-13-22/h3,5-6,9-13,16-20,23H,4,7-8,14-15H2,1-2H3/b27-19+,30-29?. The number of amides is 1. The highest BCUT2D eigenvalue weighted by Gasteiger charge is 2.39. The van der Waals surface area contributed by atoms with Crippen LogP contribution in [0.4, 0.5) is 5.69 Å². The largest absolute Gasteiger partial charge is 0.490 e. The number of hydrogen-bond acceptors (Lipinski definition) is 4. The summed E-state index contributed by atoms with van der Waals surface area (Å²) in [6, 6.07) is 22.5. The summed E-state index contributed by atoms with van der Waals surface area (Å²) in [5.41, 5.74) is 1.82. The van der Waals surface area contributed by atoms with Gasteiger partial charge in [0.2, 0.25) is 0 Å². The number of ether oxygens (including phenoxy) is 1. The third-order valence-electron chi connectivity index (χ3n) is 6.33. The van der Waals surface area contributed by atoms with Crippen LogP contribution < -0.4 is 4.74 Å². The molecule has 1 aliphatic carbocycles. The number of nitrogens with zero attached hydrogens (tertiary/aromatic N) is 2. The van der Waals surface area contributed by atoms with Crippen LogP contribution in [0.25, 0.3) is 16.8 Å². The molecule has 174 valence electrons. The van der Waals surface area contributed by atoms with E-state index in [1.807, 2.05) is 73.4 Å². The Hall–Kier alpha value is -3.05. The van der Waals surface area contributed by atoms with E-state index in [1.165, 1.54) is 18.2 Å². The number of fused-ring (bicyclic) bond motifs is 1. The van der Waals surface area contributed by atoms with Crippen molar-refractivity contribution in [2.75, 3.05) is 0 Å². The van der Waals surface area contributed by atoms with Crippen molar-refractivity contribution in [2.24, 2.45) is 4.99 Å². The molecule has 2 aliphatic rings. The number of thioether (sulfide) groups is 1. The van der Waals surface area contributed by atoms with E-state index in [1.54, 1.807) is 0 Å². The summed E-state index contributed by atoms with van der Waals surface area (Å²) in [6.45, 7) is 4.05. The fourth-order valence-corrected chi connectivity index (χ4v) is 5.79. The second kappa shape index (κ2) is 10.1. The average Bonchev–Trinajstić information content (AvgIpc) is 3.15. The molecule has 4 nitrogen and oxygen atoms in total. The van der Waals surface area contributed by atoms with E-state index in [0.717, 1.165) is 58.6 Å². The SMILES string of the molecule is CC(C)Oc1ccc2ccccc2c1/C=C1/SC(=Nc2ccccc2)N(C2CCCCC2)C1=O. The predicted molar refractivity (Wildman–Crippen MR) is 143 cm³/mol. The highest BCUT2D eigenvalue weighted by atomic mass is 32.2. The van der Waals surface area contributed by atoms with Gasteiger partial charge in [-0.15, -0.1) is 0 Å². The summed E-state index contributed by atoms with van der Waals surface area (Å²) < 4.78 is 6.16. The first kappa shape index (κ1) is 22.7. The summed E-state index contributed by atoms with van der Waals surface area (Å²) in [7, 11) is 0. The minimum Gasteiger partial charge on any atom is -0.490 e. The Morgan fingerprint density at radius 2 is 1.71 bits per heavy atom. The van der Waals surface area contributed by atoms with Crippen molar-refractivity contribution in [1.82, 2.24) is 4.90 Å². The molecule has 1 saturated heterocycles. The van der Waals surface area contributed by atoms with Crippen LogP contribution in [0.15, 0.2) is 76.6 Å². The van der Waals surface area contributed by atoms with Crippen LogP contribution in [-0.2, 0) is 4.79 Å². The van der Waals surface area contributed by atoms with Gasteiger partial charge < -0.3 is 4.74 Å². The van der Waals surface area contributed by atoms with Gasteiger partial charge in [0, 0.05) is 11.6 Å². The minimum atomic E-state index is 0.0409. The minimum absolute atomic E-state index is 0.0409. The number of carbonyl (C=O) groups is 1. The lowest BCUT2D eigenvalue weighted by atomic mass is 9.94. The lowest BCUT2D eigenvalue weighted by molar-refractivity contribution is -0.124. The maximum Gasteiger partial charge on any atom is 0.267 e. The molecule has 0 N–H and O–H groups in total. The molecule has 1 heterocycles. The lowest BCUT2D eigenvalue weighted by Gasteiger charge is -2.30. The van der Waals surface area contributed by atoms with Crippen molar-refractivity contribution in [2.45, 2.75) is 58.1 Å². The number of benzene rings is 3. The number of amidine groups is 1. The van der Waals surface area contributed by atoms with Crippen molar-refractivity contribution in [3.63, 3.8) is 0 Å². The van der Waals surface area contributed by atoms with Crippen molar-refractivity contribution in [3.8, 4) is 5.75 Å². The second-order valence-corrected chi connectivity index (χ2v) is 10.2. The summed E-state index contributed by atoms with van der Waals surface area (Å²) in [6.07, 6.45) is 7.67. The topological polar surface area (TPSA) is 41.9 Å². The molecule has 0 radical (unpaired) electrons. The van der Waals surface area contributed by atoms with Crippen molar-refractivity contribution < 1.29 is 9.53 Å². The van der Waals surface area contributed by atoms with E-state index in [2.05, 4.69) is 18.2 Å². The van der Waals surface area contributed by atoms with Crippen LogP contribution in [0.3, 0.4) is 0 Å². The quantitative estimate of drug-likeness (QED) is 0.361. The first-order chi connectivity index (χ1) is 16.6. The Balaban J connectivity index is 1.60. The Morgan fingerprint density at radius 1 is 0.971 bits per heavy atom. The highest BCUT2D eigenvalue weighted by Crippen LogP contribution is 2.40. The Morgan fingerprint density at radius 3 is 2.47 bits per heavy atom. The molecular weight excluding hydrogens is 440 g/mol. The number of hydrogen-bond donors (Lipinski definition) is 0. The van der Waals surface area contributed by atoms with Gasteiger partial charge in [0.1, 0.15) is 5.75 Å². The van der Waals surface area contributed by atoms with E-state index < -0.39 is 0 Å². The van der Waals surface area contributed by atoms with Crippen LogP contribution in [0, 0.1) is 0 Å². The summed E-state index contributed by atoms with van der Waals surface area (Å²) in [4.78, 5) is 21.4. The summed E-state index contributed by atoms with van der Waals surface area (Å²) in [5, 5.41) is 2.99. The van der Waals surface area contributed by atoms with Gasteiger partial charge in [-0.1, -0.05) is 67.8 Å². The molecule has 1 aliphatic heterocycles. The predicted octanol–water partition coefficient (Wildman–Crippen LogP) is 7.56. The second-order valence-electron chi connectivity index (χ2n) is 9.17. The van der Waals surface area contributed by atoms with Gasteiger partial charge in [0.05, 0.1) is 16.7 Å². The van der Waals surface area contributed by atoms with E-state index in [0.29, 0.717) is 4.91 Å². The smallest absolute Gasteiger partial charge is 0.267 e. The molecule has 0 unspecified atom stereocenters. The Bertz CT molecular complexity index is 1240. The van der Waals surface area contributed by atoms with Gasteiger partial charge in [-0.05, 0) is 73.5 Å². The fourth-order valence-electron chi connectivity index (χ4n) is 4.75.